The minimum absolute atomic E-state index is 0.0238. The molecule has 4 atom stereocenters. The van der Waals surface area contributed by atoms with E-state index in [-0.39, 0.29) is 35.1 Å². The minimum atomic E-state index is -3.91. The van der Waals surface area contributed by atoms with E-state index in [9.17, 15) is 27.9 Å². The second-order valence-electron chi connectivity index (χ2n) is 10.7. The number of ether oxygens (including phenoxy) is 1. The molecule has 12 nitrogen and oxygen atoms in total. The van der Waals surface area contributed by atoms with E-state index in [0.717, 1.165) is 11.1 Å². The van der Waals surface area contributed by atoms with Crippen molar-refractivity contribution in [3.63, 3.8) is 0 Å². The van der Waals surface area contributed by atoms with Gasteiger partial charge in [-0.15, -0.1) is 11.6 Å². The zero-order valence-electron chi connectivity index (χ0n) is 25.3. The summed E-state index contributed by atoms with van der Waals surface area (Å²) in [5, 5.41) is 15.7. The number of anilines is 1. The van der Waals surface area contributed by atoms with E-state index in [2.05, 4.69) is 20.1 Å². The number of nitrogens with zero attached hydrogens (tertiary/aromatic N) is 1. The van der Waals surface area contributed by atoms with Gasteiger partial charge in [-0.05, 0) is 61.9 Å². The predicted octanol–water partition coefficient (Wildman–Crippen LogP) is 3.62. The van der Waals surface area contributed by atoms with Crippen LogP contribution in [0.3, 0.4) is 0 Å². The van der Waals surface area contributed by atoms with Crippen LogP contribution in [0.4, 0.5) is 5.69 Å². The van der Waals surface area contributed by atoms with Crippen LogP contribution in [0.2, 0.25) is 5.02 Å². The number of alkyl halides is 1. The monoisotopic (exact) mass is 733 g/mol. The summed E-state index contributed by atoms with van der Waals surface area (Å²) in [6.45, 7) is 3.93. The van der Waals surface area contributed by atoms with Crippen molar-refractivity contribution < 1.29 is 32.6 Å². The van der Waals surface area contributed by atoms with E-state index in [1.54, 1.807) is 19.9 Å². The number of nitrogens with one attached hydrogen (secondary N) is 4. The standard InChI is InChI=1S/C29H37Cl2N5O7S3/c1-3-43-29(40)22(33-17(2)27(37)36-10-4-5-23(36)28(38)39)16-44-15-19-8-6-18(7-9-19)14-32-46(41,42)25-12-24-21(11-20(25)31)34-26(13-30)35-45-24/h6-9,11-12,17,22-23,26,32-35H,3-5,10,13-16H2,1-2H3,(H,38,39)/t17-,22+,23-,26?/m0/s1. The number of hydrogen-bond donors (Lipinski definition) is 5. The van der Waals surface area contributed by atoms with E-state index in [4.69, 9.17) is 27.9 Å². The van der Waals surface area contributed by atoms with Crippen molar-refractivity contribution in [2.45, 2.75) is 73.1 Å². The normalized spacial score (nSPS) is 19.2. The number of carbonyl (C=O) groups excluding carboxylic acids is 2. The molecule has 0 radical (unpaired) electrons. The number of carboxylic acid groups (broad SMARTS) is 1. The van der Waals surface area contributed by atoms with Crippen LogP contribution in [0.15, 0.2) is 46.2 Å². The smallest absolute Gasteiger partial charge is 0.326 e. The Labute approximate surface area is 287 Å². The third kappa shape index (κ3) is 9.43. The lowest BCUT2D eigenvalue weighted by molar-refractivity contribution is -0.150. The highest BCUT2D eigenvalue weighted by atomic mass is 35.5. The first-order chi connectivity index (χ1) is 21.9. The molecule has 252 valence electrons. The fourth-order valence-electron chi connectivity index (χ4n) is 5.00. The molecule has 5 N–H and O–H groups in total. The lowest BCUT2D eigenvalue weighted by Gasteiger charge is -2.27. The van der Waals surface area contributed by atoms with Crippen LogP contribution in [0, 0.1) is 0 Å². The van der Waals surface area contributed by atoms with Gasteiger partial charge < -0.3 is 20.1 Å². The third-order valence-corrected chi connectivity index (χ3v) is 11.6. The van der Waals surface area contributed by atoms with Gasteiger partial charge >= 0.3 is 11.9 Å². The van der Waals surface area contributed by atoms with Crippen molar-refractivity contribution >= 4 is 80.5 Å². The van der Waals surface area contributed by atoms with Crippen LogP contribution < -0.4 is 20.1 Å². The van der Waals surface area contributed by atoms with Gasteiger partial charge in [0.25, 0.3) is 0 Å². The molecule has 2 aliphatic heterocycles. The first kappa shape index (κ1) is 36.6. The molecule has 0 aromatic heterocycles. The maximum atomic E-state index is 13.1. The Morgan fingerprint density at radius 2 is 1.93 bits per heavy atom. The number of aliphatic carboxylic acids is 1. The molecule has 4 rings (SSSR count). The van der Waals surface area contributed by atoms with Crippen LogP contribution in [-0.2, 0) is 41.4 Å². The van der Waals surface area contributed by atoms with Gasteiger partial charge in [0.15, 0.2) is 0 Å². The van der Waals surface area contributed by atoms with Gasteiger partial charge in [0.2, 0.25) is 15.9 Å². The first-order valence-electron chi connectivity index (χ1n) is 14.6. The Bertz CT molecular complexity index is 1520. The molecule has 0 bridgehead atoms. The molecule has 1 amide bonds. The highest BCUT2D eigenvalue weighted by molar-refractivity contribution is 7.98. The number of sulfonamides is 1. The largest absolute Gasteiger partial charge is 0.480 e. The van der Waals surface area contributed by atoms with Crippen molar-refractivity contribution in [1.29, 1.82) is 0 Å². The van der Waals surface area contributed by atoms with Gasteiger partial charge in [-0.25, -0.2) is 22.7 Å². The van der Waals surface area contributed by atoms with Crippen LogP contribution in [0.1, 0.15) is 37.8 Å². The van der Waals surface area contributed by atoms with Gasteiger partial charge in [0.05, 0.1) is 29.2 Å². The molecule has 1 fully saturated rings. The Morgan fingerprint density at radius 3 is 2.61 bits per heavy atom. The second-order valence-corrected chi connectivity index (χ2v) is 15.1. The number of thioether (sulfide) groups is 1. The Morgan fingerprint density at radius 1 is 1.22 bits per heavy atom. The van der Waals surface area contributed by atoms with Crippen LogP contribution in [0.5, 0.6) is 0 Å². The van der Waals surface area contributed by atoms with Crippen molar-refractivity contribution in [2.24, 2.45) is 0 Å². The minimum Gasteiger partial charge on any atom is -0.480 e. The zero-order chi connectivity index (χ0) is 33.4. The summed E-state index contributed by atoms with van der Waals surface area (Å²) >= 11 is 15.0. The first-order valence-corrected chi connectivity index (χ1v) is 19.0. The fraction of sp³-hybridized carbons (Fsp3) is 0.483. The van der Waals surface area contributed by atoms with Gasteiger partial charge in [-0.1, -0.05) is 35.9 Å². The maximum Gasteiger partial charge on any atom is 0.326 e. The highest BCUT2D eigenvalue weighted by Crippen LogP contribution is 2.36. The predicted molar refractivity (Wildman–Crippen MR) is 181 cm³/mol. The maximum absolute atomic E-state index is 13.1. The van der Waals surface area contributed by atoms with Crippen LogP contribution >= 0.6 is 46.9 Å². The number of carbonyl (C=O) groups is 3. The van der Waals surface area contributed by atoms with Gasteiger partial charge in [0, 0.05) is 29.5 Å². The number of carboxylic acids is 1. The quantitative estimate of drug-likeness (QED) is 0.103. The average molecular weight is 735 g/mol. The number of fused-ring (bicyclic) bond motifs is 1. The van der Waals surface area contributed by atoms with Crippen molar-refractivity contribution in [3.8, 4) is 0 Å². The number of benzene rings is 2. The van der Waals surface area contributed by atoms with Crippen molar-refractivity contribution in [1.82, 2.24) is 19.7 Å². The van der Waals surface area contributed by atoms with E-state index >= 15 is 0 Å². The average Bonchev–Trinajstić information content (AvgIpc) is 3.53. The Kier molecular flexibility index (Phi) is 13.3. The molecule has 46 heavy (non-hydrogen) atoms. The van der Waals surface area contributed by atoms with Crippen LogP contribution in [0.25, 0.3) is 0 Å². The van der Waals surface area contributed by atoms with E-state index < -0.39 is 40.1 Å². The molecule has 0 spiro atoms. The molecular formula is C29H37Cl2N5O7S3. The Hall–Kier alpha value is -2.24. The highest BCUT2D eigenvalue weighted by Gasteiger charge is 2.37. The number of likely N-dealkylation sites (tertiary alicyclic amines) is 1. The molecule has 2 heterocycles. The summed E-state index contributed by atoms with van der Waals surface area (Å²) in [7, 11) is -3.91. The van der Waals surface area contributed by atoms with Gasteiger partial charge in [-0.2, -0.15) is 11.8 Å². The van der Waals surface area contributed by atoms with Gasteiger partial charge in [-0.3, -0.25) is 14.9 Å². The SMILES string of the molecule is CCOC(=O)[C@@H](CSCc1ccc(CNS(=O)(=O)c2cc3c(cc2Cl)NC(CCl)NS3)cc1)N[C@@H](C)C(=O)N1CCC[C@H]1C(=O)O. The summed E-state index contributed by atoms with van der Waals surface area (Å²) in [5.41, 5.74) is 2.40. The van der Waals surface area contributed by atoms with Crippen molar-refractivity contribution in [3.05, 3.63) is 52.5 Å². The molecule has 1 saturated heterocycles. The summed E-state index contributed by atoms with van der Waals surface area (Å²) < 4.78 is 37.1. The molecule has 17 heteroatoms. The zero-order valence-corrected chi connectivity index (χ0v) is 29.2. The number of rotatable bonds is 15. The fourth-order valence-corrected chi connectivity index (χ4v) is 8.72. The lowest BCUT2D eigenvalue weighted by atomic mass is 10.1. The second kappa shape index (κ2) is 16.7. The summed E-state index contributed by atoms with van der Waals surface area (Å²) in [6, 6.07) is 8.09. The number of esters is 1. The summed E-state index contributed by atoms with van der Waals surface area (Å²) in [4.78, 5) is 39.2. The molecule has 2 aliphatic rings. The molecule has 2 aromatic carbocycles. The Balaban J connectivity index is 1.30. The summed E-state index contributed by atoms with van der Waals surface area (Å²) in [5.74, 6) is -0.691. The molecular weight excluding hydrogens is 697 g/mol. The number of amides is 1. The van der Waals surface area contributed by atoms with Crippen molar-refractivity contribution in [2.75, 3.05) is 30.1 Å². The number of hydrogen-bond acceptors (Lipinski definition) is 11. The van der Waals surface area contributed by atoms with Crippen LogP contribution in [-0.4, -0.2) is 85.3 Å². The van der Waals surface area contributed by atoms with E-state index in [1.165, 1.54) is 34.7 Å². The van der Waals surface area contributed by atoms with Gasteiger partial charge in [0.1, 0.15) is 23.1 Å². The topological polar surface area (TPSA) is 166 Å². The summed E-state index contributed by atoms with van der Waals surface area (Å²) in [6.07, 6.45) is 0.858. The third-order valence-electron chi connectivity index (χ3n) is 7.37. The lowest BCUT2D eigenvalue weighted by Crippen LogP contribution is -2.54. The molecule has 0 aliphatic carbocycles. The molecule has 2 aromatic rings. The van der Waals surface area contributed by atoms with E-state index in [1.807, 2.05) is 24.3 Å². The molecule has 1 unspecified atom stereocenters. The molecule has 0 saturated carbocycles. The number of halogens is 2. The van der Waals surface area contributed by atoms with E-state index in [0.29, 0.717) is 47.4 Å².